The molecular weight excluding hydrogens is 340 g/mol. The Kier molecular flexibility index (Phi) is 5.69. The fourth-order valence-electron chi connectivity index (χ4n) is 2.05. The maximum absolute atomic E-state index is 12.5. The van der Waals surface area contributed by atoms with E-state index in [0.29, 0.717) is 11.4 Å². The average molecular weight is 362 g/mol. The van der Waals surface area contributed by atoms with E-state index in [1.807, 2.05) is 19.9 Å². The number of sulfonamides is 1. The molecule has 1 N–H and O–H groups in total. The molecular formula is C18H22N2O4S. The van der Waals surface area contributed by atoms with Gasteiger partial charge in [-0.15, -0.1) is 0 Å². The van der Waals surface area contributed by atoms with Gasteiger partial charge in [0.05, 0.1) is 10.6 Å². The highest BCUT2D eigenvalue weighted by Crippen LogP contribution is 2.23. The number of nitrogens with one attached hydrogen (secondary N) is 1. The van der Waals surface area contributed by atoms with Crippen LogP contribution in [-0.4, -0.2) is 39.9 Å². The van der Waals surface area contributed by atoms with E-state index >= 15 is 0 Å². The molecule has 2 rings (SSSR count). The standard InChI is InChI=1S/C18H22N2O4S/c1-13-6-5-7-17(14(13)2)19-25(22,23)16-10-8-15(9-11-16)24-12-18(21)20(3)4/h5-11,19H,12H2,1-4H3. The van der Waals surface area contributed by atoms with Gasteiger partial charge in [0.1, 0.15) is 5.75 Å². The number of ether oxygens (including phenoxy) is 1. The van der Waals surface area contributed by atoms with Crippen LogP contribution in [0.15, 0.2) is 47.4 Å². The van der Waals surface area contributed by atoms with Gasteiger partial charge in [0, 0.05) is 14.1 Å². The summed E-state index contributed by atoms with van der Waals surface area (Å²) in [7, 11) is -0.416. The van der Waals surface area contributed by atoms with Gasteiger partial charge in [0.15, 0.2) is 6.61 Å². The van der Waals surface area contributed by atoms with E-state index in [2.05, 4.69) is 4.72 Å². The smallest absolute Gasteiger partial charge is 0.261 e. The van der Waals surface area contributed by atoms with E-state index in [9.17, 15) is 13.2 Å². The van der Waals surface area contributed by atoms with Crippen molar-refractivity contribution in [2.24, 2.45) is 0 Å². The normalized spacial score (nSPS) is 11.0. The number of carbonyl (C=O) groups excluding carboxylic acids is 1. The van der Waals surface area contributed by atoms with Crippen molar-refractivity contribution in [3.63, 3.8) is 0 Å². The largest absolute Gasteiger partial charge is 0.484 e. The van der Waals surface area contributed by atoms with Gasteiger partial charge in [0.2, 0.25) is 0 Å². The van der Waals surface area contributed by atoms with Crippen LogP contribution in [0.3, 0.4) is 0 Å². The summed E-state index contributed by atoms with van der Waals surface area (Å²) in [4.78, 5) is 13.0. The van der Waals surface area contributed by atoms with Gasteiger partial charge in [-0.25, -0.2) is 8.42 Å². The van der Waals surface area contributed by atoms with Crippen LogP contribution in [0.1, 0.15) is 11.1 Å². The SMILES string of the molecule is Cc1cccc(NS(=O)(=O)c2ccc(OCC(=O)N(C)C)cc2)c1C. The van der Waals surface area contributed by atoms with Crippen LogP contribution in [-0.2, 0) is 14.8 Å². The van der Waals surface area contributed by atoms with Gasteiger partial charge < -0.3 is 9.64 Å². The number of nitrogens with zero attached hydrogens (tertiary/aromatic N) is 1. The summed E-state index contributed by atoms with van der Waals surface area (Å²) < 4.78 is 33.0. The molecule has 134 valence electrons. The number of carbonyl (C=O) groups is 1. The Morgan fingerprint density at radius 3 is 2.32 bits per heavy atom. The van der Waals surface area contributed by atoms with Crippen molar-refractivity contribution >= 4 is 21.6 Å². The summed E-state index contributed by atoms with van der Waals surface area (Å²) in [6, 6.07) is 11.4. The van der Waals surface area contributed by atoms with Crippen LogP contribution in [0.25, 0.3) is 0 Å². The zero-order valence-electron chi connectivity index (χ0n) is 14.7. The molecule has 0 radical (unpaired) electrons. The lowest BCUT2D eigenvalue weighted by molar-refractivity contribution is -0.130. The van der Waals surface area contributed by atoms with Crippen molar-refractivity contribution in [2.75, 3.05) is 25.4 Å². The minimum atomic E-state index is -3.69. The second-order valence-electron chi connectivity index (χ2n) is 5.90. The third-order valence-electron chi connectivity index (χ3n) is 3.84. The number of hydrogen-bond acceptors (Lipinski definition) is 4. The summed E-state index contributed by atoms with van der Waals surface area (Å²) in [6.07, 6.45) is 0. The second-order valence-corrected chi connectivity index (χ2v) is 7.58. The minimum Gasteiger partial charge on any atom is -0.484 e. The zero-order chi connectivity index (χ0) is 18.6. The first-order valence-corrected chi connectivity index (χ1v) is 9.21. The first kappa shape index (κ1) is 18.8. The van der Waals surface area contributed by atoms with Gasteiger partial charge in [0.25, 0.3) is 15.9 Å². The molecule has 25 heavy (non-hydrogen) atoms. The quantitative estimate of drug-likeness (QED) is 0.857. The molecule has 0 aromatic heterocycles. The van der Waals surface area contributed by atoms with Crippen LogP contribution in [0.2, 0.25) is 0 Å². The van der Waals surface area contributed by atoms with E-state index in [1.165, 1.54) is 29.2 Å². The fourth-order valence-corrected chi connectivity index (χ4v) is 3.18. The Morgan fingerprint density at radius 1 is 1.08 bits per heavy atom. The fraction of sp³-hybridized carbons (Fsp3) is 0.278. The lowest BCUT2D eigenvalue weighted by Gasteiger charge is -2.13. The maximum Gasteiger partial charge on any atom is 0.261 e. The maximum atomic E-state index is 12.5. The Labute approximate surface area is 148 Å². The first-order valence-electron chi connectivity index (χ1n) is 7.73. The number of rotatable bonds is 6. The highest BCUT2D eigenvalue weighted by molar-refractivity contribution is 7.92. The van der Waals surface area contributed by atoms with Crippen molar-refractivity contribution in [3.05, 3.63) is 53.6 Å². The summed E-state index contributed by atoms with van der Waals surface area (Å²) in [5.41, 5.74) is 2.44. The Balaban J connectivity index is 2.12. The van der Waals surface area contributed by atoms with Gasteiger partial charge in [-0.3, -0.25) is 9.52 Å². The monoisotopic (exact) mass is 362 g/mol. The highest BCUT2D eigenvalue weighted by Gasteiger charge is 2.16. The summed E-state index contributed by atoms with van der Waals surface area (Å²) in [5, 5.41) is 0. The molecule has 0 atom stereocenters. The molecule has 0 aliphatic rings. The van der Waals surface area contributed by atoms with E-state index in [0.717, 1.165) is 11.1 Å². The highest BCUT2D eigenvalue weighted by atomic mass is 32.2. The lowest BCUT2D eigenvalue weighted by atomic mass is 10.1. The van der Waals surface area contributed by atoms with E-state index in [4.69, 9.17) is 4.74 Å². The van der Waals surface area contributed by atoms with Crippen molar-refractivity contribution in [3.8, 4) is 5.75 Å². The number of benzene rings is 2. The number of anilines is 1. The molecule has 0 spiro atoms. The average Bonchev–Trinajstić information content (AvgIpc) is 2.57. The molecule has 0 aliphatic heterocycles. The molecule has 2 aromatic rings. The van der Waals surface area contributed by atoms with Crippen molar-refractivity contribution < 1.29 is 17.9 Å². The van der Waals surface area contributed by atoms with Crippen LogP contribution in [0, 0.1) is 13.8 Å². The summed E-state index contributed by atoms with van der Waals surface area (Å²) >= 11 is 0. The van der Waals surface area contributed by atoms with Crippen LogP contribution >= 0.6 is 0 Å². The van der Waals surface area contributed by atoms with Crippen molar-refractivity contribution in [1.82, 2.24) is 4.90 Å². The minimum absolute atomic E-state index is 0.0974. The van der Waals surface area contributed by atoms with Gasteiger partial charge in [-0.05, 0) is 55.3 Å². The molecule has 2 aromatic carbocycles. The molecule has 0 aliphatic carbocycles. The number of amides is 1. The van der Waals surface area contributed by atoms with Gasteiger partial charge in [-0.2, -0.15) is 0 Å². The van der Waals surface area contributed by atoms with Gasteiger partial charge >= 0.3 is 0 Å². The number of aryl methyl sites for hydroxylation is 1. The van der Waals surface area contributed by atoms with Crippen molar-refractivity contribution in [2.45, 2.75) is 18.7 Å². The molecule has 1 amide bonds. The third-order valence-corrected chi connectivity index (χ3v) is 5.23. The Hall–Kier alpha value is -2.54. The predicted octanol–water partition coefficient (Wildman–Crippen LogP) is 2.57. The van der Waals surface area contributed by atoms with Gasteiger partial charge in [-0.1, -0.05) is 12.1 Å². The zero-order valence-corrected chi connectivity index (χ0v) is 15.6. The number of hydrogen-bond donors (Lipinski definition) is 1. The molecule has 0 heterocycles. The second kappa shape index (κ2) is 7.57. The van der Waals surface area contributed by atoms with Crippen molar-refractivity contribution in [1.29, 1.82) is 0 Å². The summed E-state index contributed by atoms with van der Waals surface area (Å²) in [6.45, 7) is 3.69. The number of likely N-dealkylation sites (N-methyl/N-ethyl adjacent to an activating group) is 1. The van der Waals surface area contributed by atoms with Crippen LogP contribution in [0.5, 0.6) is 5.75 Å². The predicted molar refractivity (Wildman–Crippen MR) is 97.4 cm³/mol. The van der Waals surface area contributed by atoms with E-state index < -0.39 is 10.0 Å². The molecule has 0 unspecified atom stereocenters. The Morgan fingerprint density at radius 2 is 1.72 bits per heavy atom. The molecule has 7 heteroatoms. The van der Waals surface area contributed by atoms with Crippen LogP contribution < -0.4 is 9.46 Å². The third kappa shape index (κ3) is 4.73. The Bertz CT molecular complexity index is 859. The molecule has 0 fully saturated rings. The molecule has 0 saturated carbocycles. The molecule has 6 nitrogen and oxygen atoms in total. The van der Waals surface area contributed by atoms with Crippen LogP contribution in [0.4, 0.5) is 5.69 Å². The molecule has 0 saturated heterocycles. The first-order chi connectivity index (χ1) is 11.7. The lowest BCUT2D eigenvalue weighted by Crippen LogP contribution is -2.27. The molecule has 0 bridgehead atoms. The van der Waals surface area contributed by atoms with E-state index in [1.54, 1.807) is 26.2 Å². The summed E-state index contributed by atoms with van der Waals surface area (Å²) in [5.74, 6) is 0.258. The topological polar surface area (TPSA) is 75.7 Å². The van der Waals surface area contributed by atoms with E-state index in [-0.39, 0.29) is 17.4 Å².